The van der Waals surface area contributed by atoms with Crippen LogP contribution in [-0.4, -0.2) is 61.7 Å². The normalized spacial score (nSPS) is 13.7. The highest BCUT2D eigenvalue weighted by Gasteiger charge is 2.26. The Labute approximate surface area is 198 Å². The van der Waals surface area contributed by atoms with Crippen molar-refractivity contribution < 1.29 is 4.79 Å². The molecule has 0 unspecified atom stereocenters. The van der Waals surface area contributed by atoms with Crippen molar-refractivity contribution in [2.45, 2.75) is 6.92 Å². The predicted octanol–water partition coefficient (Wildman–Crippen LogP) is 3.29. The number of nitrogens with one attached hydrogen (secondary N) is 1. The first kappa shape index (κ1) is 21.6. The minimum Gasteiger partial charge on any atom is -0.353 e. The molecule has 1 aromatic carbocycles. The van der Waals surface area contributed by atoms with Crippen LogP contribution < -0.4 is 10.2 Å². The van der Waals surface area contributed by atoms with Crippen LogP contribution in [0.15, 0.2) is 66.9 Å². The van der Waals surface area contributed by atoms with Gasteiger partial charge in [0.25, 0.3) is 5.91 Å². The molecule has 172 valence electrons. The van der Waals surface area contributed by atoms with E-state index < -0.39 is 0 Å². The monoisotopic (exact) mass is 454 g/mol. The van der Waals surface area contributed by atoms with Crippen LogP contribution in [0.2, 0.25) is 0 Å². The fourth-order valence-electron chi connectivity index (χ4n) is 4.06. The predicted molar refractivity (Wildman–Crippen MR) is 131 cm³/mol. The number of aryl methyl sites for hydroxylation is 2. The molecule has 4 heterocycles. The molecule has 1 N–H and O–H groups in total. The molecule has 3 aromatic heterocycles. The number of amides is 1. The summed E-state index contributed by atoms with van der Waals surface area (Å²) in [5.74, 6) is 2.94. The average Bonchev–Trinajstić information content (AvgIpc) is 3.26. The summed E-state index contributed by atoms with van der Waals surface area (Å²) >= 11 is 0. The van der Waals surface area contributed by atoms with Crippen molar-refractivity contribution in [3.8, 4) is 11.3 Å². The van der Waals surface area contributed by atoms with Crippen molar-refractivity contribution in [2.24, 2.45) is 7.05 Å². The molecular weight excluding hydrogens is 428 g/mol. The van der Waals surface area contributed by atoms with Crippen molar-refractivity contribution in [3.05, 3.63) is 78.4 Å². The first-order valence-electron chi connectivity index (χ1n) is 11.2. The minimum atomic E-state index is -0.00629. The van der Waals surface area contributed by atoms with Crippen molar-refractivity contribution in [3.63, 3.8) is 0 Å². The minimum absolute atomic E-state index is 0.00629. The third kappa shape index (κ3) is 4.59. The molecule has 9 heteroatoms. The molecule has 0 spiro atoms. The summed E-state index contributed by atoms with van der Waals surface area (Å²) in [6, 6.07) is 19.4. The Kier molecular flexibility index (Phi) is 5.90. The van der Waals surface area contributed by atoms with Gasteiger partial charge < -0.3 is 15.1 Å². The fraction of sp³-hybridized carbons (Fsp3) is 0.240. The third-order valence-electron chi connectivity index (χ3n) is 5.80. The van der Waals surface area contributed by atoms with Crippen LogP contribution in [-0.2, 0) is 7.05 Å². The number of benzene rings is 1. The molecular formula is C25H26N8O. The molecule has 1 saturated heterocycles. The van der Waals surface area contributed by atoms with E-state index in [2.05, 4.69) is 30.3 Å². The lowest BCUT2D eigenvalue weighted by Gasteiger charge is -2.35. The molecule has 34 heavy (non-hydrogen) atoms. The van der Waals surface area contributed by atoms with E-state index in [0.717, 1.165) is 22.9 Å². The van der Waals surface area contributed by atoms with Crippen molar-refractivity contribution in [1.29, 1.82) is 0 Å². The summed E-state index contributed by atoms with van der Waals surface area (Å²) in [6.07, 6.45) is 1.73. The maximum absolute atomic E-state index is 13.2. The third-order valence-corrected chi connectivity index (χ3v) is 5.80. The quantitative estimate of drug-likeness (QED) is 0.495. The van der Waals surface area contributed by atoms with Gasteiger partial charge in [0.15, 0.2) is 0 Å². The molecule has 4 aromatic rings. The maximum Gasteiger partial charge on any atom is 0.272 e. The number of carbonyl (C=O) groups is 1. The largest absolute Gasteiger partial charge is 0.353 e. The Morgan fingerprint density at radius 3 is 2.41 bits per heavy atom. The van der Waals surface area contributed by atoms with Gasteiger partial charge in [0.05, 0.1) is 5.69 Å². The number of anilines is 3. The molecule has 1 amide bonds. The molecule has 0 atom stereocenters. The van der Waals surface area contributed by atoms with Gasteiger partial charge >= 0.3 is 0 Å². The van der Waals surface area contributed by atoms with E-state index in [1.807, 2.05) is 79.5 Å². The first-order valence-corrected chi connectivity index (χ1v) is 11.2. The van der Waals surface area contributed by atoms with Crippen LogP contribution in [0.3, 0.4) is 0 Å². The molecule has 5 rings (SSSR count). The maximum atomic E-state index is 13.2. The topological polar surface area (TPSA) is 92.1 Å². The molecule has 0 bridgehead atoms. The van der Waals surface area contributed by atoms with Gasteiger partial charge in [0.2, 0.25) is 0 Å². The fourth-order valence-corrected chi connectivity index (χ4v) is 4.06. The van der Waals surface area contributed by atoms with Crippen LogP contribution >= 0.6 is 0 Å². The van der Waals surface area contributed by atoms with Gasteiger partial charge in [-0.2, -0.15) is 5.10 Å². The second-order valence-corrected chi connectivity index (χ2v) is 8.18. The highest BCUT2D eigenvalue weighted by Crippen LogP contribution is 2.22. The summed E-state index contributed by atoms with van der Waals surface area (Å²) in [4.78, 5) is 30.7. The number of rotatable bonds is 5. The lowest BCUT2D eigenvalue weighted by Crippen LogP contribution is -2.49. The Morgan fingerprint density at radius 1 is 0.912 bits per heavy atom. The number of nitrogens with zero attached hydrogens (tertiary/aromatic N) is 7. The van der Waals surface area contributed by atoms with Gasteiger partial charge in [0, 0.05) is 51.1 Å². The molecule has 1 fully saturated rings. The van der Waals surface area contributed by atoms with Crippen LogP contribution in [0.25, 0.3) is 11.3 Å². The highest BCUT2D eigenvalue weighted by atomic mass is 16.2. The molecule has 0 radical (unpaired) electrons. The highest BCUT2D eigenvalue weighted by molar-refractivity contribution is 5.94. The number of aromatic nitrogens is 5. The van der Waals surface area contributed by atoms with Crippen LogP contribution in [0.5, 0.6) is 0 Å². The Balaban J connectivity index is 1.26. The van der Waals surface area contributed by atoms with Gasteiger partial charge in [-0.25, -0.2) is 15.0 Å². The van der Waals surface area contributed by atoms with Gasteiger partial charge in [-0.1, -0.05) is 36.4 Å². The van der Waals surface area contributed by atoms with Gasteiger partial charge in [-0.05, 0) is 25.1 Å². The Bertz CT molecular complexity index is 1280. The van der Waals surface area contributed by atoms with Crippen LogP contribution in [0.4, 0.5) is 17.5 Å². The van der Waals surface area contributed by atoms with Gasteiger partial charge in [-0.3, -0.25) is 9.48 Å². The lowest BCUT2D eigenvalue weighted by molar-refractivity contribution is 0.0735. The molecule has 1 aliphatic heterocycles. The first-order chi connectivity index (χ1) is 16.6. The number of hydrogen-bond donors (Lipinski definition) is 1. The zero-order valence-electron chi connectivity index (χ0n) is 19.2. The number of carbonyl (C=O) groups excluding carboxylic acids is 1. The van der Waals surface area contributed by atoms with Crippen LogP contribution in [0.1, 0.15) is 16.3 Å². The Morgan fingerprint density at radius 2 is 1.68 bits per heavy atom. The van der Waals surface area contributed by atoms with Gasteiger partial charge in [0.1, 0.15) is 29.0 Å². The van der Waals surface area contributed by atoms with Crippen molar-refractivity contribution in [2.75, 3.05) is 36.4 Å². The second-order valence-electron chi connectivity index (χ2n) is 8.18. The van der Waals surface area contributed by atoms with Crippen LogP contribution in [0, 0.1) is 6.92 Å². The summed E-state index contributed by atoms with van der Waals surface area (Å²) in [5, 5.41) is 7.77. The molecule has 0 aliphatic carbocycles. The summed E-state index contributed by atoms with van der Waals surface area (Å²) in [5.41, 5.74) is 2.39. The summed E-state index contributed by atoms with van der Waals surface area (Å²) in [7, 11) is 1.82. The average molecular weight is 455 g/mol. The standard InChI is InChI=1S/C25H26N8O/c1-18-27-23(29-22-10-6-7-11-26-22)17-24(28-18)32-12-14-33(15-13-32)25(34)21-16-20(30-31(21)2)19-8-4-3-5-9-19/h3-11,16-17H,12-15H2,1-2H3,(H,26,27,28,29). The second kappa shape index (κ2) is 9.30. The summed E-state index contributed by atoms with van der Waals surface area (Å²) in [6.45, 7) is 4.47. The number of piperazine rings is 1. The molecule has 1 aliphatic rings. The van der Waals surface area contributed by atoms with E-state index in [-0.39, 0.29) is 5.91 Å². The van der Waals surface area contributed by atoms with E-state index in [0.29, 0.717) is 43.5 Å². The number of pyridine rings is 1. The Hall–Kier alpha value is -4.27. The van der Waals surface area contributed by atoms with E-state index in [4.69, 9.17) is 0 Å². The van der Waals surface area contributed by atoms with Crippen molar-refractivity contribution in [1.82, 2.24) is 29.6 Å². The molecule has 9 nitrogen and oxygen atoms in total. The molecule has 0 saturated carbocycles. The van der Waals surface area contributed by atoms with Crippen molar-refractivity contribution >= 4 is 23.4 Å². The van der Waals surface area contributed by atoms with E-state index in [1.165, 1.54) is 0 Å². The zero-order valence-corrected chi connectivity index (χ0v) is 19.2. The van der Waals surface area contributed by atoms with E-state index in [1.54, 1.807) is 10.9 Å². The summed E-state index contributed by atoms with van der Waals surface area (Å²) < 4.78 is 1.67. The zero-order chi connectivity index (χ0) is 23.5. The smallest absolute Gasteiger partial charge is 0.272 e. The van der Waals surface area contributed by atoms with E-state index >= 15 is 0 Å². The van der Waals surface area contributed by atoms with Gasteiger partial charge in [-0.15, -0.1) is 0 Å². The lowest BCUT2D eigenvalue weighted by atomic mass is 10.1. The number of hydrogen-bond acceptors (Lipinski definition) is 7. The SMILES string of the molecule is Cc1nc(Nc2ccccn2)cc(N2CCN(C(=O)c3cc(-c4ccccc4)nn3C)CC2)n1. The van der Waals surface area contributed by atoms with E-state index in [9.17, 15) is 4.79 Å².